The van der Waals surface area contributed by atoms with Crippen LogP contribution in [0.25, 0.3) is 0 Å². The molecule has 0 saturated carbocycles. The number of benzene rings is 2. The molecule has 0 spiro atoms. The monoisotopic (exact) mass is 440 g/mol. The van der Waals surface area contributed by atoms with Crippen molar-refractivity contribution in [3.8, 4) is 5.75 Å². The van der Waals surface area contributed by atoms with Crippen molar-refractivity contribution in [3.05, 3.63) is 82.0 Å². The van der Waals surface area contributed by atoms with Gasteiger partial charge in [-0.25, -0.2) is 0 Å². The fourth-order valence-electron chi connectivity index (χ4n) is 2.73. The molecule has 1 aromatic heterocycles. The van der Waals surface area contributed by atoms with Crippen LogP contribution in [0.4, 0.5) is 5.82 Å². The maximum absolute atomic E-state index is 11.2. The molecule has 1 amide bonds. The molecule has 6 nitrogen and oxygen atoms in total. The molecular weight excluding hydrogens is 420 g/mol. The number of halogens is 1. The maximum atomic E-state index is 11.2. The van der Waals surface area contributed by atoms with Gasteiger partial charge in [0.25, 0.3) is 5.91 Å². The van der Waals surface area contributed by atoms with Gasteiger partial charge in [0.1, 0.15) is 12.4 Å². The minimum atomic E-state index is -0.592. The number of carbonyl (C=O) groups is 1. The first-order valence-corrected chi connectivity index (χ1v) is 9.69. The first-order chi connectivity index (χ1) is 13.6. The van der Waals surface area contributed by atoms with Gasteiger partial charge in [-0.2, -0.15) is 0 Å². The molecular formula is C21H21BrN4O2. The Kier molecular flexibility index (Phi) is 6.60. The number of carbonyl (C=O) groups excluding carboxylic acids is 1. The van der Waals surface area contributed by atoms with Crippen molar-refractivity contribution in [2.45, 2.75) is 20.1 Å². The minimum Gasteiger partial charge on any atom is -0.489 e. The van der Waals surface area contributed by atoms with E-state index in [0.717, 1.165) is 27.9 Å². The van der Waals surface area contributed by atoms with Crippen LogP contribution in [0, 0.1) is 0 Å². The van der Waals surface area contributed by atoms with Crippen LogP contribution in [0.3, 0.4) is 0 Å². The van der Waals surface area contributed by atoms with Crippen LogP contribution < -0.4 is 15.4 Å². The molecule has 0 aliphatic rings. The van der Waals surface area contributed by atoms with Gasteiger partial charge in [0.2, 0.25) is 0 Å². The molecule has 2 aromatic carbocycles. The molecule has 0 aliphatic heterocycles. The molecule has 1 heterocycles. The predicted molar refractivity (Wildman–Crippen MR) is 112 cm³/mol. The van der Waals surface area contributed by atoms with Crippen LogP contribution >= 0.6 is 15.9 Å². The lowest BCUT2D eigenvalue weighted by Gasteiger charge is -2.23. The molecule has 3 aromatic rings. The summed E-state index contributed by atoms with van der Waals surface area (Å²) in [6.45, 7) is 3.83. The zero-order valence-corrected chi connectivity index (χ0v) is 17.1. The summed E-state index contributed by atoms with van der Waals surface area (Å²) < 4.78 is 7.04. The van der Waals surface area contributed by atoms with Gasteiger partial charge in [0, 0.05) is 23.1 Å². The van der Waals surface area contributed by atoms with E-state index in [1.807, 2.05) is 55.5 Å². The number of hydrogen-bond acceptors (Lipinski definition) is 5. The topological polar surface area (TPSA) is 81.3 Å². The van der Waals surface area contributed by atoms with E-state index in [9.17, 15) is 4.79 Å². The van der Waals surface area contributed by atoms with Gasteiger partial charge < -0.3 is 15.4 Å². The molecule has 0 fully saturated rings. The Labute approximate surface area is 172 Å². The van der Waals surface area contributed by atoms with E-state index in [1.54, 1.807) is 12.1 Å². The lowest BCUT2D eigenvalue weighted by Crippen LogP contribution is -2.24. The maximum Gasteiger partial charge on any atom is 0.269 e. The number of ether oxygens (including phenoxy) is 1. The standard InChI is InChI=1S/C21H21BrN4O2/c1-2-26(20-11-9-18(21(23)27)24-25-20)13-16-12-17(22)8-10-19(16)28-14-15-6-4-3-5-7-15/h3-12H,2,13-14H2,1H3,(H2,23,27). The van der Waals surface area contributed by atoms with Crippen LogP contribution in [0.15, 0.2) is 65.1 Å². The van der Waals surface area contributed by atoms with Gasteiger partial charge in [0.05, 0.1) is 0 Å². The number of hydrogen-bond donors (Lipinski definition) is 1. The number of rotatable bonds is 8. The van der Waals surface area contributed by atoms with E-state index >= 15 is 0 Å². The third-order valence-corrected chi connectivity index (χ3v) is 4.72. The third kappa shape index (κ3) is 5.07. The van der Waals surface area contributed by atoms with Gasteiger partial charge in [-0.05, 0) is 42.8 Å². The second-order valence-electron chi connectivity index (χ2n) is 6.18. The van der Waals surface area contributed by atoms with Crippen LogP contribution in [-0.2, 0) is 13.2 Å². The second-order valence-corrected chi connectivity index (χ2v) is 7.10. The largest absolute Gasteiger partial charge is 0.489 e. The Morgan fingerprint density at radius 2 is 1.89 bits per heavy atom. The van der Waals surface area contributed by atoms with Crippen molar-refractivity contribution in [1.29, 1.82) is 0 Å². The normalized spacial score (nSPS) is 10.5. The summed E-state index contributed by atoms with van der Waals surface area (Å²) in [5, 5.41) is 8.03. The molecule has 0 bridgehead atoms. The minimum absolute atomic E-state index is 0.147. The number of anilines is 1. The van der Waals surface area contributed by atoms with Crippen molar-refractivity contribution in [2.75, 3.05) is 11.4 Å². The Balaban J connectivity index is 1.79. The summed E-state index contributed by atoms with van der Waals surface area (Å²) in [4.78, 5) is 13.2. The quantitative estimate of drug-likeness (QED) is 0.573. The molecule has 0 atom stereocenters. The molecule has 0 radical (unpaired) electrons. The summed E-state index contributed by atoms with van der Waals surface area (Å²) in [7, 11) is 0. The van der Waals surface area contributed by atoms with Crippen LogP contribution in [0.5, 0.6) is 5.75 Å². The molecule has 28 heavy (non-hydrogen) atoms. The highest BCUT2D eigenvalue weighted by atomic mass is 79.9. The summed E-state index contributed by atoms with van der Waals surface area (Å²) in [5.74, 6) is 0.888. The fraction of sp³-hybridized carbons (Fsp3) is 0.190. The van der Waals surface area contributed by atoms with Crippen LogP contribution in [0.1, 0.15) is 28.5 Å². The van der Waals surface area contributed by atoms with E-state index < -0.39 is 5.91 Å². The van der Waals surface area contributed by atoms with Crippen LogP contribution in [0.2, 0.25) is 0 Å². The van der Waals surface area contributed by atoms with Crippen molar-refractivity contribution < 1.29 is 9.53 Å². The molecule has 0 aliphatic carbocycles. The van der Waals surface area contributed by atoms with E-state index in [0.29, 0.717) is 19.0 Å². The third-order valence-electron chi connectivity index (χ3n) is 4.23. The summed E-state index contributed by atoms with van der Waals surface area (Å²) in [6.07, 6.45) is 0. The van der Waals surface area contributed by atoms with Gasteiger partial charge in [0.15, 0.2) is 11.5 Å². The predicted octanol–water partition coefficient (Wildman–Crippen LogP) is 3.94. The number of nitrogens with two attached hydrogens (primary N) is 1. The van der Waals surface area contributed by atoms with Crippen LogP contribution in [-0.4, -0.2) is 22.6 Å². The fourth-order valence-corrected chi connectivity index (χ4v) is 3.14. The molecule has 2 N–H and O–H groups in total. The molecule has 144 valence electrons. The van der Waals surface area contributed by atoms with E-state index in [-0.39, 0.29) is 5.69 Å². The zero-order valence-electron chi connectivity index (χ0n) is 15.5. The number of aromatic nitrogens is 2. The van der Waals surface area contributed by atoms with E-state index in [4.69, 9.17) is 10.5 Å². The Morgan fingerprint density at radius 3 is 2.54 bits per heavy atom. The Bertz CT molecular complexity index is 933. The number of primary amides is 1. The zero-order chi connectivity index (χ0) is 19.9. The second kappa shape index (κ2) is 9.32. The van der Waals surface area contributed by atoms with E-state index in [1.165, 1.54) is 0 Å². The molecule has 0 unspecified atom stereocenters. The lowest BCUT2D eigenvalue weighted by atomic mass is 10.1. The Hall–Kier alpha value is -2.93. The lowest BCUT2D eigenvalue weighted by molar-refractivity contribution is 0.0994. The highest BCUT2D eigenvalue weighted by molar-refractivity contribution is 9.10. The first-order valence-electron chi connectivity index (χ1n) is 8.90. The Morgan fingerprint density at radius 1 is 1.11 bits per heavy atom. The highest BCUT2D eigenvalue weighted by Crippen LogP contribution is 2.27. The average Bonchev–Trinajstić information content (AvgIpc) is 2.72. The number of amides is 1. The first kappa shape index (κ1) is 19.8. The van der Waals surface area contributed by atoms with Gasteiger partial charge >= 0.3 is 0 Å². The van der Waals surface area contributed by atoms with Crippen molar-refractivity contribution >= 4 is 27.7 Å². The SMILES string of the molecule is CCN(Cc1cc(Br)ccc1OCc1ccccc1)c1ccc(C(N)=O)nn1. The molecule has 3 rings (SSSR count). The van der Waals surface area contributed by atoms with Crippen molar-refractivity contribution in [3.63, 3.8) is 0 Å². The number of nitrogens with zero attached hydrogens (tertiary/aromatic N) is 3. The molecule has 0 saturated heterocycles. The summed E-state index contributed by atoms with van der Waals surface area (Å²) in [6, 6.07) is 19.3. The van der Waals surface area contributed by atoms with Gasteiger partial charge in [-0.3, -0.25) is 4.79 Å². The van der Waals surface area contributed by atoms with Gasteiger partial charge in [-0.1, -0.05) is 46.3 Å². The van der Waals surface area contributed by atoms with Crippen molar-refractivity contribution in [1.82, 2.24) is 10.2 Å². The highest BCUT2D eigenvalue weighted by Gasteiger charge is 2.13. The smallest absolute Gasteiger partial charge is 0.269 e. The van der Waals surface area contributed by atoms with Gasteiger partial charge in [-0.15, -0.1) is 10.2 Å². The summed E-state index contributed by atoms with van der Waals surface area (Å²) >= 11 is 3.53. The average molecular weight is 441 g/mol. The van der Waals surface area contributed by atoms with Crippen molar-refractivity contribution in [2.24, 2.45) is 5.73 Å². The molecule has 7 heteroatoms. The van der Waals surface area contributed by atoms with E-state index in [2.05, 4.69) is 31.0 Å². The summed E-state index contributed by atoms with van der Waals surface area (Å²) in [5.41, 5.74) is 7.51.